The Kier molecular flexibility index (Phi) is 5.61. The van der Waals surface area contributed by atoms with Crippen LogP contribution in [-0.4, -0.2) is 31.2 Å². The van der Waals surface area contributed by atoms with Gasteiger partial charge in [0.25, 0.3) is 0 Å². The summed E-state index contributed by atoms with van der Waals surface area (Å²) in [5.74, 6) is -0.0544. The van der Waals surface area contributed by atoms with E-state index in [1.165, 1.54) is 11.1 Å². The summed E-state index contributed by atoms with van der Waals surface area (Å²) in [6.45, 7) is 5.02. The van der Waals surface area contributed by atoms with E-state index in [-0.39, 0.29) is 5.82 Å². The van der Waals surface area contributed by atoms with E-state index < -0.39 is 11.7 Å². The minimum Gasteiger partial charge on any atom is -0.358 e. The zero-order valence-corrected chi connectivity index (χ0v) is 12.6. The number of hydrogen-bond acceptors (Lipinski definition) is 3. The van der Waals surface area contributed by atoms with Crippen LogP contribution in [0.2, 0.25) is 0 Å². The molecule has 108 valence electrons. The Labute approximate surface area is 119 Å². The van der Waals surface area contributed by atoms with Gasteiger partial charge in [-0.1, -0.05) is 13.8 Å². The second kappa shape index (κ2) is 6.56. The normalized spacial score (nSPS) is 12.0. The van der Waals surface area contributed by atoms with Crippen molar-refractivity contribution in [1.82, 2.24) is 10.3 Å². The average molecular weight is 340 g/mol. The molecule has 0 fully saturated rings. The summed E-state index contributed by atoms with van der Waals surface area (Å²) < 4.78 is 39.1. The van der Waals surface area contributed by atoms with Crippen LogP contribution in [0.3, 0.4) is 0 Å². The number of anilines is 1. The zero-order valence-electron chi connectivity index (χ0n) is 11.1. The van der Waals surface area contributed by atoms with Gasteiger partial charge in [-0.05, 0) is 22.0 Å². The number of halogens is 4. The first-order valence-corrected chi connectivity index (χ1v) is 6.68. The highest BCUT2D eigenvalue weighted by Gasteiger charge is 2.35. The fraction of sp³-hybridized carbons (Fsp3) is 0.583. The molecule has 0 saturated heterocycles. The van der Waals surface area contributed by atoms with Gasteiger partial charge in [0.05, 0.1) is 5.56 Å². The number of nitrogens with zero attached hydrogens (tertiary/aromatic N) is 2. The highest BCUT2D eigenvalue weighted by atomic mass is 79.9. The molecule has 0 aliphatic rings. The molecule has 1 heterocycles. The summed E-state index contributed by atoms with van der Waals surface area (Å²) in [6, 6.07) is 1.35. The summed E-state index contributed by atoms with van der Waals surface area (Å²) in [6.07, 6.45) is -3.04. The van der Waals surface area contributed by atoms with Gasteiger partial charge in [0, 0.05) is 36.8 Å². The SMILES string of the molecule is CC(C)NCCN(C)c1ncc(Br)cc1C(F)(F)F. The van der Waals surface area contributed by atoms with Crippen molar-refractivity contribution in [2.45, 2.75) is 26.1 Å². The van der Waals surface area contributed by atoms with Crippen molar-refractivity contribution in [2.24, 2.45) is 0 Å². The Balaban J connectivity index is 2.87. The van der Waals surface area contributed by atoms with Crippen molar-refractivity contribution in [3.05, 3.63) is 22.3 Å². The Bertz CT molecular complexity index is 421. The quantitative estimate of drug-likeness (QED) is 0.892. The Hall–Kier alpha value is -0.820. The summed E-state index contributed by atoms with van der Waals surface area (Å²) in [5, 5.41) is 3.16. The maximum Gasteiger partial charge on any atom is 0.419 e. The average Bonchev–Trinajstić information content (AvgIpc) is 2.27. The lowest BCUT2D eigenvalue weighted by molar-refractivity contribution is -0.137. The molecular weight excluding hydrogens is 323 g/mol. The van der Waals surface area contributed by atoms with E-state index in [0.717, 1.165) is 6.07 Å². The number of pyridine rings is 1. The minimum atomic E-state index is -4.41. The Morgan fingerprint density at radius 2 is 2.05 bits per heavy atom. The third-order valence-corrected chi connectivity index (χ3v) is 2.93. The minimum absolute atomic E-state index is 0.0544. The predicted octanol–water partition coefficient (Wildman–Crippen LogP) is 3.30. The molecule has 19 heavy (non-hydrogen) atoms. The van der Waals surface area contributed by atoms with Gasteiger partial charge in [-0.3, -0.25) is 0 Å². The van der Waals surface area contributed by atoms with Crippen molar-refractivity contribution in [2.75, 3.05) is 25.0 Å². The number of hydrogen-bond donors (Lipinski definition) is 1. The fourth-order valence-electron chi connectivity index (χ4n) is 1.57. The van der Waals surface area contributed by atoms with Gasteiger partial charge in [-0.25, -0.2) is 4.98 Å². The monoisotopic (exact) mass is 339 g/mol. The van der Waals surface area contributed by atoms with Crippen molar-refractivity contribution in [1.29, 1.82) is 0 Å². The zero-order chi connectivity index (χ0) is 14.6. The highest BCUT2D eigenvalue weighted by Crippen LogP contribution is 2.36. The van der Waals surface area contributed by atoms with Crippen LogP contribution >= 0.6 is 15.9 Å². The molecule has 0 spiro atoms. The van der Waals surface area contributed by atoms with Gasteiger partial charge < -0.3 is 10.2 Å². The van der Waals surface area contributed by atoms with Crippen LogP contribution < -0.4 is 10.2 Å². The molecule has 0 saturated carbocycles. The predicted molar refractivity (Wildman–Crippen MR) is 73.3 cm³/mol. The molecule has 0 radical (unpaired) electrons. The molecule has 1 N–H and O–H groups in total. The van der Waals surface area contributed by atoms with Crippen LogP contribution in [0, 0.1) is 0 Å². The van der Waals surface area contributed by atoms with E-state index in [9.17, 15) is 13.2 Å². The standard InChI is InChI=1S/C12H17BrF3N3/c1-8(2)17-4-5-19(3)11-10(12(14,15)16)6-9(13)7-18-11/h6-8,17H,4-5H2,1-3H3. The first kappa shape index (κ1) is 16.2. The van der Waals surface area contributed by atoms with Crippen molar-refractivity contribution >= 4 is 21.7 Å². The number of nitrogens with one attached hydrogen (secondary N) is 1. The van der Waals surface area contributed by atoms with Crippen molar-refractivity contribution in [3.8, 4) is 0 Å². The Morgan fingerprint density at radius 1 is 1.42 bits per heavy atom. The number of aromatic nitrogens is 1. The molecule has 0 amide bonds. The van der Waals surface area contributed by atoms with Crippen LogP contribution in [0.15, 0.2) is 16.7 Å². The second-order valence-electron chi connectivity index (χ2n) is 4.55. The van der Waals surface area contributed by atoms with E-state index in [1.807, 2.05) is 13.8 Å². The van der Waals surface area contributed by atoms with Gasteiger partial charge in [0.15, 0.2) is 0 Å². The van der Waals surface area contributed by atoms with Crippen molar-refractivity contribution in [3.63, 3.8) is 0 Å². The van der Waals surface area contributed by atoms with E-state index in [1.54, 1.807) is 7.05 Å². The third kappa shape index (κ3) is 4.99. The van der Waals surface area contributed by atoms with Crippen LogP contribution in [0.1, 0.15) is 19.4 Å². The molecule has 0 aliphatic heterocycles. The van der Waals surface area contributed by atoms with E-state index in [4.69, 9.17) is 0 Å². The lowest BCUT2D eigenvalue weighted by Crippen LogP contribution is -2.34. The van der Waals surface area contributed by atoms with Gasteiger partial charge in [-0.2, -0.15) is 13.2 Å². The van der Waals surface area contributed by atoms with Gasteiger partial charge in [-0.15, -0.1) is 0 Å². The topological polar surface area (TPSA) is 28.2 Å². The maximum absolute atomic E-state index is 12.9. The van der Waals surface area contributed by atoms with Gasteiger partial charge in [0.1, 0.15) is 5.82 Å². The smallest absolute Gasteiger partial charge is 0.358 e. The first-order chi connectivity index (χ1) is 8.71. The molecule has 1 aromatic rings. The largest absolute Gasteiger partial charge is 0.419 e. The summed E-state index contributed by atoms with van der Waals surface area (Å²) in [4.78, 5) is 5.38. The van der Waals surface area contributed by atoms with Crippen molar-refractivity contribution < 1.29 is 13.2 Å². The third-order valence-electron chi connectivity index (χ3n) is 2.50. The Morgan fingerprint density at radius 3 is 2.58 bits per heavy atom. The van der Waals surface area contributed by atoms with Gasteiger partial charge >= 0.3 is 6.18 Å². The summed E-state index contributed by atoms with van der Waals surface area (Å²) >= 11 is 3.02. The molecular formula is C12H17BrF3N3. The second-order valence-corrected chi connectivity index (χ2v) is 5.47. The molecule has 1 rings (SSSR count). The van der Waals surface area contributed by atoms with Crippen LogP contribution in [0.25, 0.3) is 0 Å². The first-order valence-electron chi connectivity index (χ1n) is 5.89. The fourth-order valence-corrected chi connectivity index (χ4v) is 1.90. The molecule has 0 unspecified atom stereocenters. The highest BCUT2D eigenvalue weighted by molar-refractivity contribution is 9.10. The molecule has 0 aromatic carbocycles. The molecule has 7 heteroatoms. The van der Waals surface area contributed by atoms with E-state index in [0.29, 0.717) is 23.6 Å². The molecule has 1 aromatic heterocycles. The summed E-state index contributed by atoms with van der Waals surface area (Å²) in [7, 11) is 1.60. The lowest BCUT2D eigenvalue weighted by Gasteiger charge is -2.23. The number of alkyl halides is 3. The number of likely N-dealkylation sites (N-methyl/N-ethyl adjacent to an activating group) is 1. The maximum atomic E-state index is 12.9. The summed E-state index contributed by atoms with van der Waals surface area (Å²) in [5.41, 5.74) is -0.728. The molecule has 3 nitrogen and oxygen atoms in total. The van der Waals surface area contributed by atoms with Gasteiger partial charge in [0.2, 0.25) is 0 Å². The molecule has 0 atom stereocenters. The molecule has 0 aliphatic carbocycles. The number of rotatable bonds is 5. The van der Waals surface area contributed by atoms with Crippen LogP contribution in [-0.2, 0) is 6.18 Å². The lowest BCUT2D eigenvalue weighted by atomic mass is 10.2. The van der Waals surface area contributed by atoms with E-state index in [2.05, 4.69) is 26.2 Å². The molecule has 0 bridgehead atoms. The van der Waals surface area contributed by atoms with Crippen LogP contribution in [0.5, 0.6) is 0 Å². The van der Waals surface area contributed by atoms with Crippen LogP contribution in [0.4, 0.5) is 19.0 Å². The van der Waals surface area contributed by atoms with E-state index >= 15 is 0 Å².